The molecule has 1 heterocycles. The number of aryl methyl sites for hydroxylation is 1. The van der Waals surface area contributed by atoms with Crippen molar-refractivity contribution in [2.24, 2.45) is 0 Å². The van der Waals surface area contributed by atoms with Crippen molar-refractivity contribution in [2.75, 3.05) is 5.32 Å². The Hall–Kier alpha value is -2.96. The molecule has 0 saturated heterocycles. The Morgan fingerprint density at radius 2 is 2.10 bits per heavy atom. The van der Waals surface area contributed by atoms with Crippen LogP contribution in [0.5, 0.6) is 0 Å². The standard InChI is InChI=1S/C13H11N3O4/c1-8-6-9(16(19)20)2-3-11(8)15-13(18)10-7-14-5-4-12(10)17/h2-7H,1H3,(H,14,17)(H,15,18). The van der Waals surface area contributed by atoms with E-state index in [2.05, 4.69) is 10.3 Å². The third kappa shape index (κ3) is 2.72. The van der Waals surface area contributed by atoms with Gasteiger partial charge in [0.1, 0.15) is 5.56 Å². The number of nitrogens with zero attached hydrogens (tertiary/aromatic N) is 1. The summed E-state index contributed by atoms with van der Waals surface area (Å²) in [5.74, 6) is -0.566. The maximum atomic E-state index is 11.9. The lowest BCUT2D eigenvalue weighted by Crippen LogP contribution is -2.21. The Kier molecular flexibility index (Phi) is 3.60. The minimum Gasteiger partial charge on any atom is -0.367 e. The van der Waals surface area contributed by atoms with E-state index in [4.69, 9.17) is 0 Å². The molecule has 0 saturated carbocycles. The highest BCUT2D eigenvalue weighted by atomic mass is 16.6. The van der Waals surface area contributed by atoms with Crippen LogP contribution >= 0.6 is 0 Å². The Labute approximate surface area is 113 Å². The van der Waals surface area contributed by atoms with Crippen LogP contribution in [0.1, 0.15) is 15.9 Å². The van der Waals surface area contributed by atoms with Gasteiger partial charge in [-0.3, -0.25) is 19.7 Å². The Morgan fingerprint density at radius 1 is 1.35 bits per heavy atom. The second-order valence-electron chi connectivity index (χ2n) is 4.13. The minimum atomic E-state index is -0.566. The molecule has 7 heteroatoms. The van der Waals surface area contributed by atoms with Crippen molar-refractivity contribution in [3.8, 4) is 0 Å². The van der Waals surface area contributed by atoms with Gasteiger partial charge in [-0.1, -0.05) is 0 Å². The predicted molar refractivity (Wildman–Crippen MR) is 72.8 cm³/mol. The van der Waals surface area contributed by atoms with Gasteiger partial charge in [0.25, 0.3) is 11.6 Å². The van der Waals surface area contributed by atoms with Gasteiger partial charge in [0.15, 0.2) is 5.43 Å². The number of carbonyl (C=O) groups excluding carboxylic acids is 1. The number of nitrogens with one attached hydrogen (secondary N) is 2. The Balaban J connectivity index is 2.27. The van der Waals surface area contributed by atoms with Crippen LogP contribution in [0.2, 0.25) is 0 Å². The summed E-state index contributed by atoms with van der Waals surface area (Å²) in [5, 5.41) is 13.2. The average molecular weight is 273 g/mol. The first kappa shape index (κ1) is 13.5. The first-order valence-electron chi connectivity index (χ1n) is 5.72. The third-order valence-corrected chi connectivity index (χ3v) is 2.74. The van der Waals surface area contributed by atoms with E-state index in [9.17, 15) is 19.7 Å². The minimum absolute atomic E-state index is 0.0229. The maximum absolute atomic E-state index is 11.9. The fourth-order valence-corrected chi connectivity index (χ4v) is 1.68. The van der Waals surface area contributed by atoms with E-state index in [0.717, 1.165) is 0 Å². The van der Waals surface area contributed by atoms with E-state index < -0.39 is 16.3 Å². The highest BCUT2D eigenvalue weighted by Gasteiger charge is 2.13. The molecule has 2 rings (SSSR count). The topological polar surface area (TPSA) is 105 Å². The Morgan fingerprint density at radius 3 is 2.70 bits per heavy atom. The van der Waals surface area contributed by atoms with Crippen LogP contribution in [-0.4, -0.2) is 15.8 Å². The number of carbonyl (C=O) groups is 1. The number of non-ortho nitro benzene ring substituents is 1. The molecule has 20 heavy (non-hydrogen) atoms. The normalized spacial score (nSPS) is 10.1. The molecule has 0 aliphatic carbocycles. The van der Waals surface area contributed by atoms with Crippen molar-refractivity contribution in [2.45, 2.75) is 6.92 Å². The molecule has 0 aliphatic heterocycles. The lowest BCUT2D eigenvalue weighted by atomic mass is 10.1. The maximum Gasteiger partial charge on any atom is 0.269 e. The number of H-pyrrole nitrogens is 1. The van der Waals surface area contributed by atoms with Gasteiger partial charge in [-0.25, -0.2) is 0 Å². The van der Waals surface area contributed by atoms with Crippen LogP contribution in [0.4, 0.5) is 11.4 Å². The number of pyridine rings is 1. The quantitative estimate of drug-likeness (QED) is 0.657. The van der Waals surface area contributed by atoms with Crippen LogP contribution in [0.15, 0.2) is 41.5 Å². The summed E-state index contributed by atoms with van der Waals surface area (Å²) >= 11 is 0. The molecule has 2 aromatic rings. The van der Waals surface area contributed by atoms with Crippen LogP contribution < -0.4 is 10.7 Å². The van der Waals surface area contributed by atoms with Gasteiger partial charge < -0.3 is 10.3 Å². The van der Waals surface area contributed by atoms with Gasteiger partial charge in [-0.05, 0) is 18.6 Å². The van der Waals surface area contributed by atoms with Crippen LogP contribution in [0.3, 0.4) is 0 Å². The molecule has 0 spiro atoms. The molecule has 7 nitrogen and oxygen atoms in total. The summed E-state index contributed by atoms with van der Waals surface area (Å²) in [6.45, 7) is 1.64. The molecular weight excluding hydrogens is 262 g/mol. The van der Waals surface area contributed by atoms with Gasteiger partial charge in [-0.15, -0.1) is 0 Å². The number of amides is 1. The molecular formula is C13H11N3O4. The molecule has 0 atom stereocenters. The molecule has 0 radical (unpaired) electrons. The van der Waals surface area contributed by atoms with Crippen LogP contribution in [-0.2, 0) is 0 Å². The van der Waals surface area contributed by atoms with E-state index in [1.165, 1.54) is 36.7 Å². The number of aromatic nitrogens is 1. The van der Waals surface area contributed by atoms with Gasteiger partial charge in [0, 0.05) is 36.3 Å². The Bertz CT molecular complexity index is 736. The van der Waals surface area contributed by atoms with E-state index in [1.54, 1.807) is 6.92 Å². The summed E-state index contributed by atoms with van der Waals surface area (Å²) in [6.07, 6.45) is 2.73. The molecule has 1 aromatic heterocycles. The number of hydrogen-bond acceptors (Lipinski definition) is 4. The van der Waals surface area contributed by atoms with Crippen LogP contribution in [0.25, 0.3) is 0 Å². The number of rotatable bonds is 3. The van der Waals surface area contributed by atoms with Gasteiger partial charge in [-0.2, -0.15) is 0 Å². The second kappa shape index (κ2) is 5.35. The lowest BCUT2D eigenvalue weighted by Gasteiger charge is -2.07. The fourth-order valence-electron chi connectivity index (χ4n) is 1.68. The number of anilines is 1. The van der Waals surface area contributed by atoms with Crippen molar-refractivity contribution >= 4 is 17.3 Å². The van der Waals surface area contributed by atoms with Crippen molar-refractivity contribution in [3.63, 3.8) is 0 Å². The highest BCUT2D eigenvalue weighted by molar-refractivity contribution is 6.04. The SMILES string of the molecule is Cc1cc([N+](=O)[O-])ccc1NC(=O)c1c[nH]ccc1=O. The smallest absolute Gasteiger partial charge is 0.269 e. The monoisotopic (exact) mass is 273 g/mol. The van der Waals surface area contributed by atoms with E-state index in [-0.39, 0.29) is 11.3 Å². The van der Waals surface area contributed by atoms with Gasteiger partial charge >= 0.3 is 0 Å². The summed E-state index contributed by atoms with van der Waals surface area (Å²) in [5.41, 5.74) is 0.480. The largest absolute Gasteiger partial charge is 0.367 e. The number of nitro groups is 1. The van der Waals surface area contributed by atoms with Crippen molar-refractivity contribution < 1.29 is 9.72 Å². The zero-order valence-electron chi connectivity index (χ0n) is 10.5. The second-order valence-corrected chi connectivity index (χ2v) is 4.13. The van der Waals surface area contributed by atoms with Crippen LogP contribution in [0, 0.1) is 17.0 Å². The number of hydrogen-bond donors (Lipinski definition) is 2. The van der Waals surface area contributed by atoms with Gasteiger partial charge in [0.05, 0.1) is 4.92 Å². The number of benzene rings is 1. The van der Waals surface area contributed by atoms with Crippen molar-refractivity contribution in [3.05, 3.63) is 68.1 Å². The lowest BCUT2D eigenvalue weighted by molar-refractivity contribution is -0.384. The van der Waals surface area contributed by atoms with E-state index >= 15 is 0 Å². The first-order valence-corrected chi connectivity index (χ1v) is 5.72. The van der Waals surface area contributed by atoms with E-state index in [0.29, 0.717) is 11.3 Å². The van der Waals surface area contributed by atoms with Gasteiger partial charge in [0.2, 0.25) is 0 Å². The zero-order valence-corrected chi connectivity index (χ0v) is 10.5. The number of aromatic amines is 1. The van der Waals surface area contributed by atoms with E-state index in [1.807, 2.05) is 0 Å². The molecule has 2 N–H and O–H groups in total. The van der Waals surface area contributed by atoms with Crippen molar-refractivity contribution in [1.29, 1.82) is 0 Å². The van der Waals surface area contributed by atoms with Crippen molar-refractivity contribution in [1.82, 2.24) is 4.98 Å². The average Bonchev–Trinajstić information content (AvgIpc) is 2.41. The molecule has 102 valence electrons. The highest BCUT2D eigenvalue weighted by Crippen LogP contribution is 2.21. The fraction of sp³-hybridized carbons (Fsp3) is 0.0769. The molecule has 0 bridgehead atoms. The molecule has 0 aliphatic rings. The summed E-state index contributed by atoms with van der Waals surface area (Å²) < 4.78 is 0. The molecule has 0 unspecified atom stereocenters. The third-order valence-electron chi connectivity index (χ3n) is 2.74. The first-order chi connectivity index (χ1) is 9.49. The summed E-state index contributed by atoms with van der Waals surface area (Å²) in [4.78, 5) is 36.2. The number of nitro benzene ring substituents is 1. The predicted octanol–water partition coefficient (Wildman–Crippen LogP) is 1.84. The molecule has 0 fully saturated rings. The molecule has 1 aromatic carbocycles. The zero-order chi connectivity index (χ0) is 14.7. The molecule has 1 amide bonds. The summed E-state index contributed by atoms with van der Waals surface area (Å²) in [6, 6.07) is 5.32. The summed E-state index contributed by atoms with van der Waals surface area (Å²) in [7, 11) is 0.